The van der Waals surface area contributed by atoms with E-state index in [1.165, 1.54) is 0 Å². The van der Waals surface area contributed by atoms with Gasteiger partial charge in [-0.3, -0.25) is 0 Å². The van der Waals surface area contributed by atoms with Crippen molar-refractivity contribution in [3.63, 3.8) is 0 Å². The number of pyridine rings is 1. The summed E-state index contributed by atoms with van der Waals surface area (Å²) < 4.78 is 0. The Balaban J connectivity index is 3.25. The van der Waals surface area contributed by atoms with Gasteiger partial charge in [0.05, 0.1) is 0 Å². The van der Waals surface area contributed by atoms with Crippen LogP contribution in [0.15, 0.2) is 12.1 Å². The van der Waals surface area contributed by atoms with Gasteiger partial charge in [-0.25, -0.2) is 4.98 Å². The first kappa shape index (κ1) is 6.82. The highest BCUT2D eigenvalue weighted by molar-refractivity contribution is 5.33. The molecule has 50 valence electrons. The first-order valence-corrected chi connectivity index (χ1v) is 3.15. The van der Waals surface area contributed by atoms with Crippen molar-refractivity contribution in [3.05, 3.63) is 29.1 Å². The molecule has 1 heteroatoms. The highest BCUT2D eigenvalue weighted by Gasteiger charge is 1.93. The highest BCUT2D eigenvalue weighted by atomic mass is 14.7. The lowest BCUT2D eigenvalue weighted by Crippen LogP contribution is -1.89. The monoisotopic (exact) mass is 131 g/mol. The molecule has 0 spiro atoms. The van der Waals surface area contributed by atoms with Gasteiger partial charge in [-0.1, -0.05) is 6.07 Å². The summed E-state index contributed by atoms with van der Waals surface area (Å²) >= 11 is 0. The van der Waals surface area contributed by atoms with E-state index in [4.69, 9.17) is 6.42 Å². The van der Waals surface area contributed by atoms with Crippen molar-refractivity contribution in [2.45, 2.75) is 13.8 Å². The number of terminal acetylenes is 1. The van der Waals surface area contributed by atoms with Crippen LogP contribution in [0.2, 0.25) is 0 Å². The van der Waals surface area contributed by atoms with Crippen LogP contribution in [0.4, 0.5) is 0 Å². The van der Waals surface area contributed by atoms with Crippen LogP contribution in [-0.2, 0) is 0 Å². The Kier molecular flexibility index (Phi) is 1.73. The Bertz CT molecular complexity index is 281. The third-order valence-electron chi connectivity index (χ3n) is 1.37. The number of aromatic nitrogens is 1. The maximum atomic E-state index is 5.21. The van der Waals surface area contributed by atoms with Crippen LogP contribution in [0, 0.1) is 26.2 Å². The average Bonchev–Trinajstić information content (AvgIpc) is 1.94. The lowest BCUT2D eigenvalue weighted by molar-refractivity contribution is 1.14. The van der Waals surface area contributed by atoms with Crippen LogP contribution in [0.25, 0.3) is 0 Å². The molecular formula is C9H9N. The van der Waals surface area contributed by atoms with Gasteiger partial charge >= 0.3 is 0 Å². The Morgan fingerprint density at radius 1 is 1.40 bits per heavy atom. The minimum Gasteiger partial charge on any atom is -0.244 e. The summed E-state index contributed by atoms with van der Waals surface area (Å²) in [6.07, 6.45) is 5.21. The maximum Gasteiger partial charge on any atom is 0.116 e. The summed E-state index contributed by atoms with van der Waals surface area (Å²) in [7, 11) is 0. The fourth-order valence-corrected chi connectivity index (χ4v) is 0.772. The summed E-state index contributed by atoms with van der Waals surface area (Å²) in [4.78, 5) is 4.16. The molecule has 0 aliphatic heterocycles. The van der Waals surface area contributed by atoms with Crippen LogP contribution >= 0.6 is 0 Å². The first-order chi connectivity index (χ1) is 4.74. The molecule has 0 bridgehead atoms. The summed E-state index contributed by atoms with van der Waals surface area (Å²) in [6.45, 7) is 3.89. The number of nitrogens with zero attached hydrogens (tertiary/aromatic N) is 1. The van der Waals surface area contributed by atoms with Gasteiger partial charge in [0.1, 0.15) is 5.69 Å². The van der Waals surface area contributed by atoms with E-state index in [0.717, 1.165) is 17.0 Å². The Morgan fingerprint density at radius 2 is 2.10 bits per heavy atom. The second-order valence-electron chi connectivity index (χ2n) is 2.26. The molecule has 0 aliphatic rings. The quantitative estimate of drug-likeness (QED) is 0.488. The van der Waals surface area contributed by atoms with Crippen LogP contribution < -0.4 is 0 Å². The molecule has 0 radical (unpaired) electrons. The molecule has 0 aliphatic carbocycles. The van der Waals surface area contributed by atoms with E-state index in [1.807, 2.05) is 26.0 Å². The molecule has 0 aromatic carbocycles. The van der Waals surface area contributed by atoms with Crippen molar-refractivity contribution < 1.29 is 0 Å². The van der Waals surface area contributed by atoms with Gasteiger partial charge in [-0.2, -0.15) is 0 Å². The van der Waals surface area contributed by atoms with Crippen LogP contribution in [0.1, 0.15) is 17.0 Å². The second-order valence-corrected chi connectivity index (χ2v) is 2.26. The zero-order chi connectivity index (χ0) is 7.56. The third-order valence-corrected chi connectivity index (χ3v) is 1.37. The molecular weight excluding hydrogens is 122 g/mol. The molecule has 0 unspecified atom stereocenters. The largest absolute Gasteiger partial charge is 0.244 e. The van der Waals surface area contributed by atoms with Crippen molar-refractivity contribution in [2.75, 3.05) is 0 Å². The average molecular weight is 131 g/mol. The standard InChI is InChI=1S/C9H9N/c1-4-9-7(2)5-6-8(3)10-9/h1,5-6H,2-3H3. The number of aryl methyl sites for hydroxylation is 2. The highest BCUT2D eigenvalue weighted by Crippen LogP contribution is 2.03. The van der Waals surface area contributed by atoms with Gasteiger partial charge in [-0.05, 0) is 31.4 Å². The van der Waals surface area contributed by atoms with Crippen molar-refractivity contribution in [1.82, 2.24) is 4.98 Å². The SMILES string of the molecule is C#Cc1nc(C)ccc1C. The van der Waals surface area contributed by atoms with Gasteiger partial charge in [0.2, 0.25) is 0 Å². The number of hydrogen-bond acceptors (Lipinski definition) is 1. The van der Waals surface area contributed by atoms with Crippen LogP contribution in [0.3, 0.4) is 0 Å². The van der Waals surface area contributed by atoms with Gasteiger partial charge in [0.25, 0.3) is 0 Å². The number of rotatable bonds is 0. The van der Waals surface area contributed by atoms with Crippen LogP contribution in [-0.4, -0.2) is 4.98 Å². The maximum absolute atomic E-state index is 5.21. The van der Waals surface area contributed by atoms with Gasteiger partial charge in [-0.15, -0.1) is 6.42 Å². The normalized spacial score (nSPS) is 8.90. The molecule has 1 aromatic heterocycles. The smallest absolute Gasteiger partial charge is 0.116 e. The Hall–Kier alpha value is -1.29. The Morgan fingerprint density at radius 3 is 2.60 bits per heavy atom. The fourth-order valence-electron chi connectivity index (χ4n) is 0.772. The molecule has 1 nitrogen and oxygen atoms in total. The van der Waals surface area contributed by atoms with Crippen molar-refractivity contribution in [3.8, 4) is 12.3 Å². The van der Waals surface area contributed by atoms with E-state index in [1.54, 1.807) is 0 Å². The van der Waals surface area contributed by atoms with Gasteiger partial charge in [0, 0.05) is 5.69 Å². The van der Waals surface area contributed by atoms with E-state index in [9.17, 15) is 0 Å². The molecule has 0 fully saturated rings. The van der Waals surface area contributed by atoms with Crippen LogP contribution in [0.5, 0.6) is 0 Å². The summed E-state index contributed by atoms with van der Waals surface area (Å²) in [6, 6.07) is 3.94. The summed E-state index contributed by atoms with van der Waals surface area (Å²) in [5.74, 6) is 2.52. The van der Waals surface area contributed by atoms with E-state index in [-0.39, 0.29) is 0 Å². The molecule has 1 aromatic rings. The summed E-state index contributed by atoms with van der Waals surface area (Å²) in [5.41, 5.74) is 2.78. The zero-order valence-electron chi connectivity index (χ0n) is 6.18. The molecule has 0 saturated heterocycles. The first-order valence-electron chi connectivity index (χ1n) is 3.15. The van der Waals surface area contributed by atoms with Gasteiger partial charge < -0.3 is 0 Å². The molecule has 1 rings (SSSR count). The van der Waals surface area contributed by atoms with E-state index >= 15 is 0 Å². The molecule has 0 amide bonds. The molecule has 0 N–H and O–H groups in total. The van der Waals surface area contributed by atoms with Crippen molar-refractivity contribution in [2.24, 2.45) is 0 Å². The van der Waals surface area contributed by atoms with E-state index < -0.39 is 0 Å². The van der Waals surface area contributed by atoms with E-state index in [2.05, 4.69) is 10.9 Å². The lowest BCUT2D eigenvalue weighted by Gasteiger charge is -1.96. The predicted molar refractivity (Wildman–Crippen MR) is 41.6 cm³/mol. The molecule has 10 heavy (non-hydrogen) atoms. The zero-order valence-corrected chi connectivity index (χ0v) is 6.18. The fraction of sp³-hybridized carbons (Fsp3) is 0.222. The summed E-state index contributed by atoms with van der Waals surface area (Å²) in [5, 5.41) is 0. The minimum absolute atomic E-state index is 0.750. The molecule has 0 saturated carbocycles. The topological polar surface area (TPSA) is 12.9 Å². The second kappa shape index (κ2) is 2.53. The Labute approximate surface area is 61.1 Å². The molecule has 0 atom stereocenters. The van der Waals surface area contributed by atoms with Crippen molar-refractivity contribution in [1.29, 1.82) is 0 Å². The lowest BCUT2D eigenvalue weighted by atomic mass is 10.2. The molecule has 1 heterocycles. The predicted octanol–water partition coefficient (Wildman–Crippen LogP) is 1.68. The van der Waals surface area contributed by atoms with Crippen molar-refractivity contribution >= 4 is 0 Å². The minimum atomic E-state index is 0.750. The third kappa shape index (κ3) is 1.16. The van der Waals surface area contributed by atoms with Gasteiger partial charge in [0.15, 0.2) is 0 Å². The van der Waals surface area contributed by atoms with E-state index in [0.29, 0.717) is 0 Å². The number of hydrogen-bond donors (Lipinski definition) is 0.